The Balaban J connectivity index is 1.85. The van der Waals surface area contributed by atoms with Crippen molar-refractivity contribution in [2.45, 2.75) is 19.4 Å². The molecule has 1 fully saturated rings. The van der Waals surface area contributed by atoms with E-state index in [1.165, 1.54) is 12.1 Å². The molecule has 4 heteroatoms. The van der Waals surface area contributed by atoms with Gasteiger partial charge in [0.05, 0.1) is 0 Å². The van der Waals surface area contributed by atoms with Crippen LogP contribution in [-0.4, -0.2) is 36.8 Å². The normalized spacial score (nSPS) is 17.3. The molecule has 1 saturated heterocycles. The summed E-state index contributed by atoms with van der Waals surface area (Å²) in [6, 6.07) is 4.57. The Kier molecular flexibility index (Phi) is 4.55. The molecule has 0 saturated carbocycles. The number of benzene rings is 1. The summed E-state index contributed by atoms with van der Waals surface area (Å²) >= 11 is 0. The highest BCUT2D eigenvalue weighted by molar-refractivity contribution is 5.27. The molecule has 0 spiro atoms. The molecule has 0 amide bonds. The van der Waals surface area contributed by atoms with Crippen molar-refractivity contribution in [1.29, 1.82) is 0 Å². The summed E-state index contributed by atoms with van der Waals surface area (Å²) in [6.07, 6.45) is 2.21. The van der Waals surface area contributed by atoms with E-state index in [-0.39, 0.29) is 5.75 Å². The fourth-order valence-electron chi connectivity index (χ4n) is 2.39. The van der Waals surface area contributed by atoms with E-state index in [4.69, 9.17) is 9.84 Å². The maximum atomic E-state index is 13.2. The summed E-state index contributed by atoms with van der Waals surface area (Å²) < 4.78 is 18.5. The molecule has 0 aliphatic carbocycles. The van der Waals surface area contributed by atoms with Gasteiger partial charge in [-0.05, 0) is 43.5 Å². The van der Waals surface area contributed by atoms with Crippen LogP contribution < -0.4 is 0 Å². The summed E-state index contributed by atoms with van der Waals surface area (Å²) in [5, 5.41) is 9.14. The van der Waals surface area contributed by atoms with Crippen LogP contribution in [-0.2, 0) is 11.3 Å². The first-order valence-corrected chi connectivity index (χ1v) is 6.39. The van der Waals surface area contributed by atoms with Crippen LogP contribution in [0.2, 0.25) is 0 Å². The number of ether oxygens (including phenoxy) is 1. The molecule has 0 bridgehead atoms. The predicted octanol–water partition coefficient (Wildman–Crippen LogP) is 2.39. The Morgan fingerprint density at radius 2 is 2.11 bits per heavy atom. The Hall–Kier alpha value is -1.13. The quantitative estimate of drug-likeness (QED) is 0.894. The summed E-state index contributed by atoms with van der Waals surface area (Å²) in [6.45, 7) is 3.42. The van der Waals surface area contributed by atoms with E-state index in [1.54, 1.807) is 6.07 Å². The largest absolute Gasteiger partial charge is 0.505 e. The van der Waals surface area contributed by atoms with Gasteiger partial charge in [0, 0.05) is 26.3 Å². The third-order valence-corrected chi connectivity index (χ3v) is 3.38. The third kappa shape index (κ3) is 3.68. The van der Waals surface area contributed by atoms with Crippen LogP contribution in [0.3, 0.4) is 0 Å². The smallest absolute Gasteiger partial charge is 0.165 e. The lowest BCUT2D eigenvalue weighted by molar-refractivity contribution is 0.0549. The fourth-order valence-corrected chi connectivity index (χ4v) is 2.39. The maximum Gasteiger partial charge on any atom is 0.165 e. The number of hydrogen-bond acceptors (Lipinski definition) is 3. The molecule has 0 atom stereocenters. The summed E-state index contributed by atoms with van der Waals surface area (Å²) in [4.78, 5) is 2.20. The summed E-state index contributed by atoms with van der Waals surface area (Å²) in [5.74, 6) is -0.163. The van der Waals surface area contributed by atoms with Gasteiger partial charge in [-0.3, -0.25) is 0 Å². The highest BCUT2D eigenvalue weighted by Crippen LogP contribution is 2.19. The maximum absolute atomic E-state index is 13.2. The van der Waals surface area contributed by atoms with E-state index in [2.05, 4.69) is 4.90 Å². The zero-order valence-corrected chi connectivity index (χ0v) is 10.7. The number of nitrogens with zero attached hydrogens (tertiary/aromatic N) is 1. The first-order chi connectivity index (χ1) is 8.65. The first-order valence-electron chi connectivity index (χ1n) is 6.39. The molecule has 0 aromatic heterocycles. The van der Waals surface area contributed by atoms with E-state index in [9.17, 15) is 4.39 Å². The van der Waals surface area contributed by atoms with Crippen molar-refractivity contribution in [1.82, 2.24) is 4.90 Å². The lowest BCUT2D eigenvalue weighted by Gasteiger charge is -2.27. The average Bonchev–Trinajstić information content (AvgIpc) is 2.35. The fraction of sp³-hybridized carbons (Fsp3) is 0.571. The highest BCUT2D eigenvalue weighted by Gasteiger charge is 2.16. The Morgan fingerprint density at radius 1 is 1.39 bits per heavy atom. The molecular weight excluding hydrogens is 233 g/mol. The average molecular weight is 253 g/mol. The van der Waals surface area contributed by atoms with Crippen LogP contribution >= 0.6 is 0 Å². The molecule has 3 nitrogen and oxygen atoms in total. The van der Waals surface area contributed by atoms with E-state index in [1.807, 2.05) is 7.05 Å². The standard InChI is InChI=1S/C14H20FNO2/c1-16(9-11-4-6-18-7-5-11)10-12-2-3-14(17)13(15)8-12/h2-3,8,11,17H,4-7,9-10H2,1H3. The second-order valence-electron chi connectivity index (χ2n) is 5.04. The Labute approximate surface area is 107 Å². The van der Waals surface area contributed by atoms with Gasteiger partial charge in [0.2, 0.25) is 0 Å². The molecule has 0 unspecified atom stereocenters. The third-order valence-electron chi connectivity index (χ3n) is 3.38. The van der Waals surface area contributed by atoms with Crippen molar-refractivity contribution in [2.24, 2.45) is 5.92 Å². The molecule has 1 heterocycles. The van der Waals surface area contributed by atoms with Crippen molar-refractivity contribution in [3.63, 3.8) is 0 Å². The van der Waals surface area contributed by atoms with E-state index in [0.29, 0.717) is 12.5 Å². The lowest BCUT2D eigenvalue weighted by atomic mass is 10.00. The topological polar surface area (TPSA) is 32.7 Å². The SMILES string of the molecule is CN(Cc1ccc(O)c(F)c1)CC1CCOCC1. The molecular formula is C14H20FNO2. The molecule has 1 aliphatic heterocycles. The Morgan fingerprint density at radius 3 is 2.78 bits per heavy atom. The van der Waals surface area contributed by atoms with Crippen molar-refractivity contribution in [3.05, 3.63) is 29.6 Å². The summed E-state index contributed by atoms with van der Waals surface area (Å²) in [5.41, 5.74) is 0.889. The van der Waals surface area contributed by atoms with Gasteiger partial charge in [-0.2, -0.15) is 0 Å². The van der Waals surface area contributed by atoms with Gasteiger partial charge in [0.15, 0.2) is 11.6 Å². The highest BCUT2D eigenvalue weighted by atomic mass is 19.1. The molecule has 1 aromatic rings. The van der Waals surface area contributed by atoms with E-state index in [0.717, 1.165) is 38.2 Å². The zero-order chi connectivity index (χ0) is 13.0. The van der Waals surface area contributed by atoms with Crippen LogP contribution in [0.1, 0.15) is 18.4 Å². The van der Waals surface area contributed by atoms with Crippen molar-refractivity contribution in [2.75, 3.05) is 26.8 Å². The summed E-state index contributed by atoms with van der Waals surface area (Å²) in [7, 11) is 2.04. The van der Waals surface area contributed by atoms with Gasteiger partial charge in [0.25, 0.3) is 0 Å². The molecule has 100 valence electrons. The van der Waals surface area contributed by atoms with Gasteiger partial charge in [-0.15, -0.1) is 0 Å². The minimum absolute atomic E-state index is 0.286. The van der Waals surface area contributed by atoms with E-state index >= 15 is 0 Å². The lowest BCUT2D eigenvalue weighted by Crippen LogP contribution is -2.29. The minimum atomic E-state index is -0.549. The van der Waals surface area contributed by atoms with Gasteiger partial charge < -0.3 is 14.7 Å². The molecule has 1 aliphatic rings. The van der Waals surface area contributed by atoms with Crippen LogP contribution in [0.5, 0.6) is 5.75 Å². The molecule has 0 radical (unpaired) electrons. The number of phenolic OH excluding ortho intramolecular Hbond substituents is 1. The number of rotatable bonds is 4. The van der Waals surface area contributed by atoms with E-state index < -0.39 is 5.82 Å². The minimum Gasteiger partial charge on any atom is -0.505 e. The van der Waals surface area contributed by atoms with Gasteiger partial charge >= 0.3 is 0 Å². The number of halogens is 1. The zero-order valence-electron chi connectivity index (χ0n) is 10.7. The van der Waals surface area contributed by atoms with Gasteiger partial charge in [-0.1, -0.05) is 6.07 Å². The predicted molar refractivity (Wildman–Crippen MR) is 67.9 cm³/mol. The van der Waals surface area contributed by atoms with Crippen LogP contribution in [0, 0.1) is 11.7 Å². The second-order valence-corrected chi connectivity index (χ2v) is 5.04. The van der Waals surface area contributed by atoms with Crippen molar-refractivity contribution >= 4 is 0 Å². The van der Waals surface area contributed by atoms with Gasteiger partial charge in [-0.25, -0.2) is 4.39 Å². The Bertz CT molecular complexity index is 391. The number of aromatic hydroxyl groups is 1. The number of phenols is 1. The molecule has 2 rings (SSSR count). The van der Waals surface area contributed by atoms with Crippen molar-refractivity contribution < 1.29 is 14.2 Å². The van der Waals surface area contributed by atoms with Crippen LogP contribution in [0.15, 0.2) is 18.2 Å². The van der Waals surface area contributed by atoms with Gasteiger partial charge in [0.1, 0.15) is 0 Å². The monoisotopic (exact) mass is 253 g/mol. The molecule has 18 heavy (non-hydrogen) atoms. The van der Waals surface area contributed by atoms with Crippen LogP contribution in [0.25, 0.3) is 0 Å². The first kappa shape index (κ1) is 13.3. The molecule has 1 N–H and O–H groups in total. The second kappa shape index (κ2) is 6.16. The number of hydrogen-bond donors (Lipinski definition) is 1. The van der Waals surface area contributed by atoms with Crippen LogP contribution in [0.4, 0.5) is 4.39 Å². The molecule has 1 aromatic carbocycles. The van der Waals surface area contributed by atoms with Crippen molar-refractivity contribution in [3.8, 4) is 5.75 Å².